The second-order valence-corrected chi connectivity index (χ2v) is 16.6. The van der Waals surface area contributed by atoms with Crippen molar-refractivity contribution in [1.29, 1.82) is 0 Å². The smallest absolute Gasteiger partial charge is 0.144 e. The van der Waals surface area contributed by atoms with Gasteiger partial charge in [-0.3, -0.25) is 0 Å². The molecule has 0 saturated heterocycles. The summed E-state index contributed by atoms with van der Waals surface area (Å²) in [4.78, 5) is 2.39. The van der Waals surface area contributed by atoms with Gasteiger partial charge in [-0.2, -0.15) is 0 Å². The van der Waals surface area contributed by atoms with E-state index in [2.05, 4.69) is 193 Å². The number of anilines is 3. The lowest BCUT2D eigenvalue weighted by molar-refractivity contribution is 0.673. The molecule has 3 heterocycles. The molecule has 0 amide bonds. The Morgan fingerprint density at radius 1 is 0.375 bits per heavy atom. The summed E-state index contributed by atoms with van der Waals surface area (Å²) in [6.07, 6.45) is 0. The largest absolute Gasteiger partial charge is 0.455 e. The summed E-state index contributed by atoms with van der Waals surface area (Å²) in [6.45, 7) is 0. The van der Waals surface area contributed by atoms with Gasteiger partial charge in [-0.05, 0) is 94.2 Å². The van der Waals surface area contributed by atoms with Gasteiger partial charge in [-0.1, -0.05) is 121 Å². The normalized spacial score (nSPS) is 11.9. The minimum Gasteiger partial charge on any atom is -0.455 e. The second kappa shape index (κ2) is 12.4. The maximum Gasteiger partial charge on any atom is 0.144 e. The molecule has 0 radical (unpaired) electrons. The Morgan fingerprint density at radius 3 is 1.93 bits per heavy atom. The lowest BCUT2D eigenvalue weighted by atomic mass is 9.98. The molecular formula is C52H31NOS2. The molecule has 0 aliphatic heterocycles. The van der Waals surface area contributed by atoms with Crippen LogP contribution in [0.5, 0.6) is 0 Å². The van der Waals surface area contributed by atoms with Crippen LogP contribution < -0.4 is 4.90 Å². The summed E-state index contributed by atoms with van der Waals surface area (Å²) in [5.74, 6) is 0. The van der Waals surface area contributed by atoms with Crippen molar-refractivity contribution in [2.45, 2.75) is 0 Å². The number of para-hydroxylation sites is 1. The molecule has 56 heavy (non-hydrogen) atoms. The molecule has 0 unspecified atom stereocenters. The van der Waals surface area contributed by atoms with E-state index in [1.54, 1.807) is 0 Å². The van der Waals surface area contributed by atoms with E-state index in [1.165, 1.54) is 73.4 Å². The Labute approximate surface area is 330 Å². The van der Waals surface area contributed by atoms with Crippen molar-refractivity contribution in [1.82, 2.24) is 0 Å². The summed E-state index contributed by atoms with van der Waals surface area (Å²) in [5.41, 5.74) is 10.0. The Morgan fingerprint density at radius 2 is 1.05 bits per heavy atom. The predicted octanol–water partition coefficient (Wildman–Crippen LogP) is 16.3. The molecule has 0 aliphatic rings. The maximum atomic E-state index is 6.61. The lowest BCUT2D eigenvalue weighted by Crippen LogP contribution is -2.10. The third-order valence-electron chi connectivity index (χ3n) is 11.2. The van der Waals surface area contributed by atoms with Crippen LogP contribution in [-0.4, -0.2) is 0 Å². The van der Waals surface area contributed by atoms with Crippen LogP contribution in [0.25, 0.3) is 95.3 Å². The molecule has 3 aromatic heterocycles. The molecule has 0 N–H and O–H groups in total. The van der Waals surface area contributed by atoms with Crippen molar-refractivity contribution < 1.29 is 4.42 Å². The minimum atomic E-state index is 0.916. The van der Waals surface area contributed by atoms with E-state index in [0.717, 1.165) is 39.0 Å². The van der Waals surface area contributed by atoms with Gasteiger partial charge in [0.25, 0.3) is 0 Å². The van der Waals surface area contributed by atoms with Gasteiger partial charge in [0.1, 0.15) is 11.2 Å². The highest BCUT2D eigenvalue weighted by atomic mass is 32.1. The van der Waals surface area contributed by atoms with E-state index in [4.69, 9.17) is 4.42 Å². The van der Waals surface area contributed by atoms with Crippen LogP contribution in [0.15, 0.2) is 192 Å². The monoisotopic (exact) mass is 749 g/mol. The Balaban J connectivity index is 1.03. The second-order valence-electron chi connectivity index (χ2n) is 14.5. The van der Waals surface area contributed by atoms with Gasteiger partial charge in [0, 0.05) is 73.7 Å². The Bertz CT molecular complexity index is 3500. The summed E-state index contributed by atoms with van der Waals surface area (Å²) in [6, 6.07) is 68.5. The average molecular weight is 750 g/mol. The number of hydrogen-bond donors (Lipinski definition) is 0. The summed E-state index contributed by atoms with van der Waals surface area (Å²) in [7, 11) is 0. The van der Waals surface area contributed by atoms with Crippen LogP contribution >= 0.6 is 22.7 Å². The standard InChI is InChI=1S/C52H31NOS2/c1-2-11-34-28-39(26-22-32(34)10-1)53(37-24-20-33(21-25-37)35-23-27-42-41-15-4-7-18-47(41)55-49(42)30-35)38-13-9-12-36(29-38)44-31-45-40-14-3-6-17-46(40)54-51(45)50-43-16-5-8-19-48(43)56-52(44)50/h1-31H. The molecule has 12 rings (SSSR count). The predicted molar refractivity (Wildman–Crippen MR) is 243 cm³/mol. The lowest BCUT2D eigenvalue weighted by Gasteiger charge is -2.26. The van der Waals surface area contributed by atoms with Crippen LogP contribution in [-0.2, 0) is 0 Å². The third kappa shape index (κ3) is 4.93. The quantitative estimate of drug-likeness (QED) is 0.174. The molecule has 262 valence electrons. The van der Waals surface area contributed by atoms with E-state index >= 15 is 0 Å². The summed E-state index contributed by atoms with van der Waals surface area (Å²) >= 11 is 3.71. The molecule has 0 fully saturated rings. The third-order valence-corrected chi connectivity index (χ3v) is 13.6. The van der Waals surface area contributed by atoms with Gasteiger partial charge >= 0.3 is 0 Å². The van der Waals surface area contributed by atoms with E-state index in [-0.39, 0.29) is 0 Å². The van der Waals surface area contributed by atoms with E-state index in [1.807, 2.05) is 22.7 Å². The van der Waals surface area contributed by atoms with Crippen LogP contribution in [0, 0.1) is 0 Å². The maximum absolute atomic E-state index is 6.61. The van der Waals surface area contributed by atoms with Crippen LogP contribution in [0.2, 0.25) is 0 Å². The number of furan rings is 1. The van der Waals surface area contributed by atoms with E-state index in [0.29, 0.717) is 0 Å². The highest BCUT2D eigenvalue weighted by Gasteiger charge is 2.21. The number of nitrogens with zero attached hydrogens (tertiary/aromatic N) is 1. The molecule has 0 bridgehead atoms. The van der Waals surface area contributed by atoms with Crippen molar-refractivity contribution in [3.05, 3.63) is 188 Å². The van der Waals surface area contributed by atoms with Gasteiger partial charge in [0.05, 0.1) is 0 Å². The van der Waals surface area contributed by atoms with Gasteiger partial charge in [0.15, 0.2) is 0 Å². The first-order chi connectivity index (χ1) is 27.7. The molecule has 9 aromatic carbocycles. The summed E-state index contributed by atoms with van der Waals surface area (Å²) in [5, 5.41) is 9.80. The first-order valence-electron chi connectivity index (χ1n) is 18.9. The minimum absolute atomic E-state index is 0.916. The fraction of sp³-hybridized carbons (Fsp3) is 0. The Kier molecular flexibility index (Phi) is 7.00. The highest BCUT2D eigenvalue weighted by Crippen LogP contribution is 2.48. The highest BCUT2D eigenvalue weighted by molar-refractivity contribution is 7.26. The van der Waals surface area contributed by atoms with Crippen molar-refractivity contribution in [2.24, 2.45) is 0 Å². The molecule has 2 nitrogen and oxygen atoms in total. The van der Waals surface area contributed by atoms with Gasteiger partial charge in [-0.25, -0.2) is 0 Å². The SMILES string of the molecule is c1cc(-c2cc3c4ccccc4oc3c3c2sc2ccccc23)cc(N(c2ccc(-c3ccc4c(c3)sc3ccccc34)cc2)c2ccc3ccccc3c2)c1. The number of hydrogen-bond acceptors (Lipinski definition) is 4. The number of rotatable bonds is 5. The topological polar surface area (TPSA) is 16.4 Å². The van der Waals surface area contributed by atoms with Crippen LogP contribution in [0.1, 0.15) is 0 Å². The fourth-order valence-electron chi connectivity index (χ4n) is 8.56. The average Bonchev–Trinajstić information content (AvgIpc) is 3.95. The van der Waals surface area contributed by atoms with Crippen molar-refractivity contribution >= 4 is 113 Å². The first kappa shape index (κ1) is 31.6. The van der Waals surface area contributed by atoms with Crippen LogP contribution in [0.4, 0.5) is 17.1 Å². The molecule has 0 atom stereocenters. The number of fused-ring (bicyclic) bond motifs is 11. The molecule has 0 aliphatic carbocycles. The molecular weight excluding hydrogens is 719 g/mol. The number of benzene rings is 9. The molecule has 12 aromatic rings. The van der Waals surface area contributed by atoms with Gasteiger partial charge in [0.2, 0.25) is 0 Å². The zero-order valence-corrected chi connectivity index (χ0v) is 31.7. The molecule has 0 saturated carbocycles. The number of thiophene rings is 2. The summed E-state index contributed by atoms with van der Waals surface area (Å²) < 4.78 is 11.8. The molecule has 0 spiro atoms. The zero-order chi connectivity index (χ0) is 36.7. The van der Waals surface area contributed by atoms with Gasteiger partial charge in [-0.15, -0.1) is 22.7 Å². The Hall–Kier alpha value is -6.72. The zero-order valence-electron chi connectivity index (χ0n) is 30.1. The van der Waals surface area contributed by atoms with E-state index in [9.17, 15) is 0 Å². The first-order valence-corrected chi connectivity index (χ1v) is 20.5. The van der Waals surface area contributed by atoms with Crippen LogP contribution in [0.3, 0.4) is 0 Å². The van der Waals surface area contributed by atoms with E-state index < -0.39 is 0 Å². The van der Waals surface area contributed by atoms with Crippen molar-refractivity contribution in [3.8, 4) is 22.3 Å². The van der Waals surface area contributed by atoms with Crippen molar-refractivity contribution in [3.63, 3.8) is 0 Å². The fourth-order valence-corrected chi connectivity index (χ4v) is 10.9. The van der Waals surface area contributed by atoms with Gasteiger partial charge < -0.3 is 9.32 Å². The van der Waals surface area contributed by atoms with Crippen molar-refractivity contribution in [2.75, 3.05) is 4.90 Å². The molecule has 4 heteroatoms.